The van der Waals surface area contributed by atoms with E-state index in [1.165, 1.54) is 9.58 Å². The van der Waals surface area contributed by atoms with Crippen molar-refractivity contribution >= 4 is 17.9 Å². The number of carbonyl (C=O) groups is 3. The van der Waals surface area contributed by atoms with Gasteiger partial charge in [-0.15, -0.1) is 0 Å². The minimum atomic E-state index is -0.991. The lowest BCUT2D eigenvalue weighted by molar-refractivity contribution is -0.142. The zero-order valence-electron chi connectivity index (χ0n) is 23.8. The Kier molecular flexibility index (Phi) is 8.69. The Morgan fingerprint density at radius 2 is 1.79 bits per heavy atom. The Morgan fingerprint density at radius 1 is 1.13 bits per heavy atom. The maximum atomic E-state index is 14.0. The van der Waals surface area contributed by atoms with E-state index < -0.39 is 59.0 Å². The number of β-amino-alcohol motifs (C(OH)–C–C–N with tert-alkyl or cyclic N) is 1. The Morgan fingerprint density at radius 3 is 2.31 bits per heavy atom. The van der Waals surface area contributed by atoms with E-state index >= 15 is 0 Å². The number of rotatable bonds is 6. The van der Waals surface area contributed by atoms with E-state index in [1.54, 1.807) is 73.8 Å². The van der Waals surface area contributed by atoms with Gasteiger partial charge in [-0.25, -0.2) is 9.18 Å². The highest BCUT2D eigenvalue weighted by Gasteiger charge is 2.45. The van der Waals surface area contributed by atoms with Crippen molar-refractivity contribution in [2.45, 2.75) is 84.7 Å². The van der Waals surface area contributed by atoms with Crippen LogP contribution in [0.4, 0.5) is 9.18 Å². The lowest BCUT2D eigenvalue weighted by Crippen LogP contribution is -2.58. The maximum absolute atomic E-state index is 14.0. The van der Waals surface area contributed by atoms with Gasteiger partial charge in [-0.1, -0.05) is 26.8 Å². The molecule has 2 aromatic rings. The minimum absolute atomic E-state index is 0.0413. The van der Waals surface area contributed by atoms with Crippen LogP contribution < -0.4 is 10.6 Å². The lowest BCUT2D eigenvalue weighted by atomic mass is 9.85. The van der Waals surface area contributed by atoms with Gasteiger partial charge in [0, 0.05) is 26.2 Å². The van der Waals surface area contributed by atoms with Crippen molar-refractivity contribution in [2.24, 2.45) is 12.5 Å². The van der Waals surface area contributed by atoms with Gasteiger partial charge < -0.3 is 25.4 Å². The number of pyridine rings is 1. The minimum Gasteiger partial charge on any atom is -0.444 e. The number of likely N-dealkylation sites (tertiary alicyclic amines) is 1. The van der Waals surface area contributed by atoms with Crippen LogP contribution in [0.15, 0.2) is 24.5 Å². The average molecular weight is 547 g/mol. The van der Waals surface area contributed by atoms with Gasteiger partial charge in [0.1, 0.15) is 23.4 Å². The number of nitrogens with one attached hydrogen (secondary N) is 2. The van der Waals surface area contributed by atoms with Crippen LogP contribution >= 0.6 is 0 Å². The number of aliphatic hydroxyl groups is 1. The molecule has 1 fully saturated rings. The van der Waals surface area contributed by atoms with Crippen molar-refractivity contribution in [1.82, 2.24) is 30.3 Å². The van der Waals surface area contributed by atoms with Crippen LogP contribution in [-0.4, -0.2) is 73.0 Å². The highest BCUT2D eigenvalue weighted by molar-refractivity contribution is 5.92. The number of nitrogens with zero attached hydrogens (tertiary/aromatic N) is 4. The standard InChI is InChI=1S/C27H39FN6O5/c1-15(16-9-10-19(29-12-16)21-18(28)13-30-33(21)8)31-23(36)20-11-17(35)14-34(20)24(37)22(26(2,3)4)32-25(38)39-27(5,6)7/h9-10,12-13,15,17,20,22,35H,11,14H2,1-8H3,(H,31,36)(H,32,38)/t15-,17+,20-,22+/m0/s1. The summed E-state index contributed by atoms with van der Waals surface area (Å²) >= 11 is 0. The van der Waals surface area contributed by atoms with Crippen LogP contribution in [-0.2, 0) is 21.4 Å². The van der Waals surface area contributed by atoms with Gasteiger partial charge in [-0.3, -0.25) is 19.3 Å². The number of hydrogen-bond acceptors (Lipinski definition) is 7. The molecule has 1 saturated heterocycles. The van der Waals surface area contributed by atoms with Gasteiger partial charge in [0.25, 0.3) is 0 Å². The summed E-state index contributed by atoms with van der Waals surface area (Å²) in [5, 5.41) is 19.8. The number of carbonyl (C=O) groups excluding carboxylic acids is 3. The molecule has 3 rings (SSSR count). The number of halogens is 1. The predicted octanol–water partition coefficient (Wildman–Crippen LogP) is 2.70. The zero-order valence-corrected chi connectivity index (χ0v) is 23.8. The van der Waals surface area contributed by atoms with Gasteiger partial charge in [-0.05, 0) is 44.7 Å². The number of hydrogen-bond donors (Lipinski definition) is 3. The van der Waals surface area contributed by atoms with E-state index in [0.717, 1.165) is 6.20 Å². The first-order chi connectivity index (χ1) is 18.0. The van der Waals surface area contributed by atoms with Gasteiger partial charge in [0.15, 0.2) is 5.82 Å². The molecular weight excluding hydrogens is 507 g/mol. The molecule has 3 N–H and O–H groups in total. The predicted molar refractivity (Wildman–Crippen MR) is 142 cm³/mol. The molecule has 3 amide bonds. The molecule has 0 spiro atoms. The molecule has 0 saturated carbocycles. The Balaban J connectivity index is 1.74. The van der Waals surface area contributed by atoms with Crippen LogP contribution in [0.3, 0.4) is 0 Å². The molecule has 4 atom stereocenters. The molecular formula is C27H39FN6O5. The molecule has 214 valence electrons. The van der Waals surface area contributed by atoms with E-state index in [9.17, 15) is 23.9 Å². The molecule has 0 unspecified atom stereocenters. The summed E-state index contributed by atoms with van der Waals surface area (Å²) < 4.78 is 20.8. The number of amides is 3. The van der Waals surface area contributed by atoms with Crippen molar-refractivity contribution in [1.29, 1.82) is 0 Å². The number of alkyl carbamates (subject to hydrolysis) is 1. The highest BCUT2D eigenvalue weighted by atomic mass is 19.1. The van der Waals surface area contributed by atoms with Crippen molar-refractivity contribution < 1.29 is 28.6 Å². The van der Waals surface area contributed by atoms with E-state index in [0.29, 0.717) is 11.3 Å². The number of aromatic nitrogens is 3. The second-order valence-corrected chi connectivity index (χ2v) is 12.0. The largest absolute Gasteiger partial charge is 0.444 e. The van der Waals surface area contributed by atoms with Crippen molar-refractivity contribution in [3.63, 3.8) is 0 Å². The normalized spacial score (nSPS) is 19.4. The van der Waals surface area contributed by atoms with Crippen LogP contribution in [0.1, 0.15) is 66.5 Å². The SMILES string of the molecule is C[C@H](NC(=O)[C@@H]1C[C@@H](O)CN1C(=O)[C@@H](NC(=O)OC(C)(C)C)C(C)(C)C)c1ccc(-c2c(F)cnn2C)nc1. The first-order valence-electron chi connectivity index (χ1n) is 12.9. The maximum Gasteiger partial charge on any atom is 0.408 e. The van der Waals surface area contributed by atoms with E-state index in [-0.39, 0.29) is 18.7 Å². The summed E-state index contributed by atoms with van der Waals surface area (Å²) in [6, 6.07) is 0.963. The highest BCUT2D eigenvalue weighted by Crippen LogP contribution is 2.27. The summed E-state index contributed by atoms with van der Waals surface area (Å²) in [5.74, 6) is -1.42. The Bertz CT molecular complexity index is 1180. The fraction of sp³-hybridized carbons (Fsp3) is 0.593. The number of aryl methyl sites for hydroxylation is 1. The third-order valence-corrected chi connectivity index (χ3v) is 6.42. The Hall–Kier alpha value is -3.54. The van der Waals surface area contributed by atoms with Crippen LogP contribution in [0.2, 0.25) is 0 Å². The van der Waals surface area contributed by atoms with Crippen LogP contribution in [0.25, 0.3) is 11.4 Å². The average Bonchev–Trinajstić information content (AvgIpc) is 3.36. The van der Waals surface area contributed by atoms with Crippen molar-refractivity contribution in [3.05, 3.63) is 35.9 Å². The van der Waals surface area contributed by atoms with Crippen molar-refractivity contribution in [2.75, 3.05) is 6.54 Å². The molecule has 39 heavy (non-hydrogen) atoms. The summed E-state index contributed by atoms with van der Waals surface area (Å²) in [5.41, 5.74) is -0.129. The first kappa shape index (κ1) is 30.0. The smallest absolute Gasteiger partial charge is 0.408 e. The van der Waals surface area contributed by atoms with Gasteiger partial charge in [0.05, 0.1) is 24.0 Å². The zero-order chi connectivity index (χ0) is 29.3. The van der Waals surface area contributed by atoms with Gasteiger partial charge >= 0.3 is 6.09 Å². The fourth-order valence-corrected chi connectivity index (χ4v) is 4.44. The summed E-state index contributed by atoms with van der Waals surface area (Å²) in [7, 11) is 1.62. The topological polar surface area (TPSA) is 139 Å². The van der Waals surface area contributed by atoms with Crippen LogP contribution in [0, 0.1) is 11.2 Å². The lowest BCUT2D eigenvalue weighted by Gasteiger charge is -2.35. The van der Waals surface area contributed by atoms with Gasteiger partial charge in [-0.2, -0.15) is 5.10 Å². The number of ether oxygens (including phenoxy) is 1. The molecule has 1 aliphatic rings. The van der Waals surface area contributed by atoms with Gasteiger partial charge in [0.2, 0.25) is 11.8 Å². The second-order valence-electron chi connectivity index (χ2n) is 12.0. The Labute approximate surface area is 228 Å². The second kappa shape index (κ2) is 11.3. The molecule has 11 nitrogen and oxygen atoms in total. The molecule has 12 heteroatoms. The molecule has 1 aliphatic heterocycles. The molecule has 0 aromatic carbocycles. The van der Waals surface area contributed by atoms with Crippen molar-refractivity contribution in [3.8, 4) is 11.4 Å². The summed E-state index contributed by atoms with van der Waals surface area (Å²) in [4.78, 5) is 45.1. The number of aliphatic hydroxyl groups excluding tert-OH is 1. The molecule has 2 aromatic heterocycles. The third-order valence-electron chi connectivity index (χ3n) is 6.42. The van der Waals surface area contributed by atoms with E-state index in [1.807, 2.05) is 0 Å². The first-order valence-corrected chi connectivity index (χ1v) is 12.9. The molecule has 3 heterocycles. The van der Waals surface area contributed by atoms with E-state index in [4.69, 9.17) is 4.74 Å². The van der Waals surface area contributed by atoms with Crippen LogP contribution in [0.5, 0.6) is 0 Å². The fourth-order valence-electron chi connectivity index (χ4n) is 4.44. The monoisotopic (exact) mass is 546 g/mol. The summed E-state index contributed by atoms with van der Waals surface area (Å²) in [6.45, 7) is 12.3. The molecule has 0 aliphatic carbocycles. The quantitative estimate of drug-likeness (QED) is 0.506. The molecule has 0 bridgehead atoms. The molecule has 0 radical (unpaired) electrons. The summed E-state index contributed by atoms with van der Waals surface area (Å²) in [6.07, 6.45) is 1.08. The third kappa shape index (κ3) is 7.31. The van der Waals surface area contributed by atoms with E-state index in [2.05, 4.69) is 20.7 Å².